The molecular weight excluding hydrogens is 250 g/mol. The Bertz CT molecular complexity index is 580. The molecule has 2 aromatic rings. The van der Waals surface area contributed by atoms with Crippen LogP contribution in [0.15, 0.2) is 23.6 Å². The molecule has 94 valence electrons. The lowest BCUT2D eigenvalue weighted by Crippen LogP contribution is -2.02. The van der Waals surface area contributed by atoms with Crippen LogP contribution in [-0.4, -0.2) is 16.5 Å². The third-order valence-corrected chi connectivity index (χ3v) is 3.52. The van der Waals surface area contributed by atoms with E-state index in [9.17, 15) is 10.1 Å². The van der Waals surface area contributed by atoms with Gasteiger partial charge in [-0.3, -0.25) is 10.1 Å². The molecule has 0 saturated heterocycles. The molecule has 0 unspecified atom stereocenters. The number of thiazole rings is 1. The Morgan fingerprint density at radius 1 is 1.50 bits per heavy atom. The summed E-state index contributed by atoms with van der Waals surface area (Å²) >= 11 is 1.53. The topological polar surface area (TPSA) is 82.0 Å². The van der Waals surface area contributed by atoms with E-state index in [0.717, 1.165) is 22.7 Å². The van der Waals surface area contributed by atoms with Crippen molar-refractivity contribution in [2.45, 2.75) is 13.3 Å². The molecule has 2 rings (SSSR count). The maximum Gasteiger partial charge on any atom is 0.272 e. The third-order valence-electron chi connectivity index (χ3n) is 2.61. The fourth-order valence-corrected chi connectivity index (χ4v) is 2.47. The number of rotatable bonds is 4. The molecule has 6 heteroatoms. The quantitative estimate of drug-likeness (QED) is 0.678. The molecular formula is C12H13N3O2S. The molecule has 1 aromatic heterocycles. The smallest absolute Gasteiger partial charge is 0.272 e. The summed E-state index contributed by atoms with van der Waals surface area (Å²) in [7, 11) is 0. The molecule has 0 spiro atoms. The van der Waals surface area contributed by atoms with Gasteiger partial charge in [-0.15, -0.1) is 11.3 Å². The van der Waals surface area contributed by atoms with Gasteiger partial charge in [0.05, 0.1) is 15.6 Å². The summed E-state index contributed by atoms with van der Waals surface area (Å²) in [5.41, 5.74) is 7.79. The van der Waals surface area contributed by atoms with E-state index < -0.39 is 0 Å². The molecule has 0 fully saturated rings. The summed E-state index contributed by atoms with van der Waals surface area (Å²) in [5.74, 6) is 0. The number of nitro groups is 1. The van der Waals surface area contributed by atoms with Crippen LogP contribution in [0.1, 0.15) is 10.6 Å². The van der Waals surface area contributed by atoms with E-state index in [0.29, 0.717) is 12.1 Å². The van der Waals surface area contributed by atoms with E-state index >= 15 is 0 Å². The Labute approximate surface area is 108 Å². The number of benzene rings is 1. The van der Waals surface area contributed by atoms with Crippen molar-refractivity contribution in [3.8, 4) is 11.3 Å². The molecule has 1 aromatic carbocycles. The third kappa shape index (κ3) is 2.55. The Morgan fingerprint density at radius 2 is 2.28 bits per heavy atom. The number of nitrogens with zero attached hydrogens (tertiary/aromatic N) is 2. The Hall–Kier alpha value is -1.79. The summed E-state index contributed by atoms with van der Waals surface area (Å²) in [6, 6.07) is 5.16. The van der Waals surface area contributed by atoms with Gasteiger partial charge < -0.3 is 5.73 Å². The standard InChI is InChI=1S/C12H13N3O2S/c1-8-2-3-9(6-11(8)15(16)17)10-7-18-12(14-10)4-5-13/h2-3,6-7H,4-5,13H2,1H3. The zero-order chi connectivity index (χ0) is 13.1. The van der Waals surface area contributed by atoms with Gasteiger partial charge in [-0.05, 0) is 13.5 Å². The van der Waals surface area contributed by atoms with Crippen LogP contribution >= 0.6 is 11.3 Å². The van der Waals surface area contributed by atoms with Crippen molar-refractivity contribution >= 4 is 17.0 Å². The maximum atomic E-state index is 10.9. The van der Waals surface area contributed by atoms with Crippen molar-refractivity contribution < 1.29 is 4.92 Å². The SMILES string of the molecule is Cc1ccc(-c2csc(CCN)n2)cc1[N+](=O)[O-]. The Balaban J connectivity index is 2.38. The van der Waals surface area contributed by atoms with E-state index in [4.69, 9.17) is 5.73 Å². The number of hydrogen-bond donors (Lipinski definition) is 1. The number of aromatic nitrogens is 1. The molecule has 5 nitrogen and oxygen atoms in total. The molecule has 0 aliphatic heterocycles. The van der Waals surface area contributed by atoms with Crippen molar-refractivity contribution in [3.63, 3.8) is 0 Å². The first-order valence-corrected chi connectivity index (χ1v) is 6.39. The second-order valence-corrected chi connectivity index (χ2v) is 4.87. The van der Waals surface area contributed by atoms with E-state index in [2.05, 4.69) is 4.98 Å². The second-order valence-electron chi connectivity index (χ2n) is 3.92. The minimum absolute atomic E-state index is 0.126. The Morgan fingerprint density at radius 3 is 2.94 bits per heavy atom. The number of nitrogens with two attached hydrogens (primary N) is 1. The van der Waals surface area contributed by atoms with Crippen molar-refractivity contribution in [1.29, 1.82) is 0 Å². The van der Waals surface area contributed by atoms with Crippen molar-refractivity contribution in [1.82, 2.24) is 4.98 Å². The monoisotopic (exact) mass is 263 g/mol. The van der Waals surface area contributed by atoms with Gasteiger partial charge in [-0.2, -0.15) is 0 Å². The molecule has 0 atom stereocenters. The van der Waals surface area contributed by atoms with Gasteiger partial charge in [0.15, 0.2) is 0 Å². The molecule has 18 heavy (non-hydrogen) atoms. The van der Waals surface area contributed by atoms with Crippen LogP contribution in [0.4, 0.5) is 5.69 Å². The van der Waals surface area contributed by atoms with Gasteiger partial charge in [0.25, 0.3) is 5.69 Å². The lowest BCUT2D eigenvalue weighted by molar-refractivity contribution is -0.385. The van der Waals surface area contributed by atoms with Crippen LogP contribution in [0.25, 0.3) is 11.3 Å². The molecule has 0 radical (unpaired) electrons. The first-order valence-electron chi connectivity index (χ1n) is 5.51. The highest BCUT2D eigenvalue weighted by Crippen LogP contribution is 2.27. The number of nitro benzene ring substituents is 1. The van der Waals surface area contributed by atoms with Crippen LogP contribution in [0, 0.1) is 17.0 Å². The minimum Gasteiger partial charge on any atom is -0.330 e. The zero-order valence-corrected chi connectivity index (χ0v) is 10.7. The van der Waals surface area contributed by atoms with E-state index in [1.54, 1.807) is 19.1 Å². The van der Waals surface area contributed by atoms with Gasteiger partial charge in [0.1, 0.15) is 0 Å². The van der Waals surface area contributed by atoms with Crippen molar-refractivity contribution in [2.24, 2.45) is 5.73 Å². The van der Waals surface area contributed by atoms with Crippen LogP contribution in [0.3, 0.4) is 0 Å². The fourth-order valence-electron chi connectivity index (χ4n) is 1.65. The highest BCUT2D eigenvalue weighted by Gasteiger charge is 2.13. The maximum absolute atomic E-state index is 10.9. The lowest BCUT2D eigenvalue weighted by atomic mass is 10.1. The van der Waals surface area contributed by atoms with Crippen LogP contribution in [0.5, 0.6) is 0 Å². The normalized spacial score (nSPS) is 10.6. The molecule has 0 bridgehead atoms. The minimum atomic E-state index is -0.369. The molecule has 0 amide bonds. The van der Waals surface area contributed by atoms with Crippen molar-refractivity contribution in [3.05, 3.63) is 44.3 Å². The van der Waals surface area contributed by atoms with E-state index in [-0.39, 0.29) is 10.6 Å². The van der Waals surface area contributed by atoms with Crippen LogP contribution in [-0.2, 0) is 6.42 Å². The molecule has 0 saturated carbocycles. The zero-order valence-electron chi connectivity index (χ0n) is 9.92. The highest BCUT2D eigenvalue weighted by atomic mass is 32.1. The summed E-state index contributed by atoms with van der Waals surface area (Å²) in [6.07, 6.45) is 0.735. The molecule has 2 N–H and O–H groups in total. The van der Waals surface area contributed by atoms with E-state index in [1.807, 2.05) is 11.4 Å². The van der Waals surface area contributed by atoms with Crippen LogP contribution < -0.4 is 5.73 Å². The summed E-state index contributed by atoms with van der Waals surface area (Å²) in [4.78, 5) is 14.9. The predicted molar refractivity (Wildman–Crippen MR) is 71.7 cm³/mol. The lowest BCUT2D eigenvalue weighted by Gasteiger charge is -2.00. The average molecular weight is 263 g/mol. The molecule has 0 aliphatic carbocycles. The summed E-state index contributed by atoms with van der Waals surface area (Å²) in [5, 5.41) is 13.7. The summed E-state index contributed by atoms with van der Waals surface area (Å²) < 4.78 is 0. The number of aryl methyl sites for hydroxylation is 1. The second kappa shape index (κ2) is 5.24. The van der Waals surface area contributed by atoms with Gasteiger partial charge >= 0.3 is 0 Å². The van der Waals surface area contributed by atoms with Crippen molar-refractivity contribution in [2.75, 3.05) is 6.54 Å². The predicted octanol–water partition coefficient (Wildman–Crippen LogP) is 2.53. The van der Waals surface area contributed by atoms with Crippen LogP contribution in [0.2, 0.25) is 0 Å². The largest absolute Gasteiger partial charge is 0.330 e. The first kappa shape index (κ1) is 12.7. The van der Waals surface area contributed by atoms with Gasteiger partial charge in [0, 0.05) is 29.0 Å². The molecule has 1 heterocycles. The summed E-state index contributed by atoms with van der Waals surface area (Å²) in [6.45, 7) is 2.28. The Kier molecular flexibility index (Phi) is 3.69. The first-order chi connectivity index (χ1) is 8.61. The molecule has 0 aliphatic rings. The van der Waals surface area contributed by atoms with Gasteiger partial charge in [-0.25, -0.2) is 4.98 Å². The highest BCUT2D eigenvalue weighted by molar-refractivity contribution is 7.09. The van der Waals surface area contributed by atoms with Gasteiger partial charge in [0.2, 0.25) is 0 Å². The fraction of sp³-hybridized carbons (Fsp3) is 0.250. The average Bonchev–Trinajstić information content (AvgIpc) is 2.78. The number of hydrogen-bond acceptors (Lipinski definition) is 5. The van der Waals surface area contributed by atoms with E-state index in [1.165, 1.54) is 11.3 Å². The van der Waals surface area contributed by atoms with Gasteiger partial charge in [-0.1, -0.05) is 12.1 Å².